The number of hydrogen-bond donors (Lipinski definition) is 2. The van der Waals surface area contributed by atoms with Crippen molar-refractivity contribution >= 4 is 11.6 Å². The average Bonchev–Trinajstić information content (AvgIpc) is 2.94. The number of primary amides is 1. The Morgan fingerprint density at radius 2 is 1.88 bits per heavy atom. The van der Waals surface area contributed by atoms with E-state index in [1.54, 1.807) is 0 Å². The van der Waals surface area contributed by atoms with Crippen LogP contribution in [0.2, 0.25) is 0 Å². The first-order valence-electron chi connectivity index (χ1n) is 8.12. The molecule has 0 bridgehead atoms. The monoisotopic (exact) mass is 330 g/mol. The maximum absolute atomic E-state index is 11.8. The van der Waals surface area contributed by atoms with E-state index in [0.29, 0.717) is 12.1 Å². The van der Waals surface area contributed by atoms with Gasteiger partial charge in [-0.3, -0.25) is 4.79 Å². The van der Waals surface area contributed by atoms with Crippen molar-refractivity contribution in [3.8, 4) is 22.4 Å². The van der Waals surface area contributed by atoms with E-state index < -0.39 is 5.91 Å². The predicted molar refractivity (Wildman–Crippen MR) is 98.1 cm³/mol. The number of carbonyl (C=O) groups excluding carboxylic acids is 1. The minimum absolute atomic E-state index is 0.245. The molecule has 4 rings (SSSR count). The van der Waals surface area contributed by atoms with Crippen LogP contribution in [0.1, 0.15) is 32.7 Å². The second-order valence-corrected chi connectivity index (χ2v) is 6.47. The van der Waals surface area contributed by atoms with Crippen molar-refractivity contribution in [2.24, 2.45) is 5.73 Å². The summed E-state index contributed by atoms with van der Waals surface area (Å²) in [6, 6.07) is 12.0. The van der Waals surface area contributed by atoms with Crippen LogP contribution in [-0.4, -0.2) is 16.1 Å². The van der Waals surface area contributed by atoms with Crippen molar-refractivity contribution in [2.45, 2.75) is 20.3 Å². The number of nitrogens with zero attached hydrogens (tertiary/aromatic N) is 2. The largest absolute Gasteiger partial charge is 0.398 e. The number of benzene rings is 2. The van der Waals surface area contributed by atoms with Gasteiger partial charge in [-0.15, -0.1) is 10.2 Å². The van der Waals surface area contributed by atoms with Gasteiger partial charge in [0.25, 0.3) is 5.91 Å². The lowest BCUT2D eigenvalue weighted by atomic mass is 9.95. The molecule has 0 saturated carbocycles. The molecule has 5 nitrogen and oxygen atoms in total. The van der Waals surface area contributed by atoms with E-state index in [1.807, 2.05) is 25.1 Å². The van der Waals surface area contributed by atoms with Crippen molar-refractivity contribution < 1.29 is 4.79 Å². The SMILES string of the molecule is Cc1ccc2c(c1)Cc1c(C(N)=O)nnc(-c3cccc(N)c3C)c1-2. The van der Waals surface area contributed by atoms with Crippen molar-refractivity contribution in [3.05, 3.63) is 64.3 Å². The molecule has 2 aromatic carbocycles. The summed E-state index contributed by atoms with van der Waals surface area (Å²) in [6.45, 7) is 4.02. The molecule has 0 aliphatic heterocycles. The molecule has 25 heavy (non-hydrogen) atoms. The van der Waals surface area contributed by atoms with Gasteiger partial charge in [-0.05, 0) is 42.2 Å². The molecule has 0 radical (unpaired) electrons. The normalized spacial score (nSPS) is 11.9. The molecule has 0 fully saturated rings. The van der Waals surface area contributed by atoms with Crippen LogP contribution in [0.15, 0.2) is 36.4 Å². The second kappa shape index (κ2) is 5.41. The Morgan fingerprint density at radius 3 is 2.64 bits per heavy atom. The fraction of sp³-hybridized carbons (Fsp3) is 0.150. The summed E-state index contributed by atoms with van der Waals surface area (Å²) in [5, 5.41) is 8.50. The molecule has 4 N–H and O–H groups in total. The Morgan fingerprint density at radius 1 is 1.08 bits per heavy atom. The van der Waals surface area contributed by atoms with E-state index in [4.69, 9.17) is 11.5 Å². The van der Waals surface area contributed by atoms with E-state index in [0.717, 1.165) is 39.1 Å². The van der Waals surface area contributed by atoms with Gasteiger partial charge in [-0.1, -0.05) is 35.9 Å². The van der Waals surface area contributed by atoms with Gasteiger partial charge in [0.1, 0.15) is 5.69 Å². The molecule has 0 saturated heterocycles. The molecule has 0 spiro atoms. The minimum atomic E-state index is -0.552. The van der Waals surface area contributed by atoms with E-state index in [2.05, 4.69) is 35.3 Å². The topological polar surface area (TPSA) is 94.9 Å². The minimum Gasteiger partial charge on any atom is -0.398 e. The highest BCUT2D eigenvalue weighted by atomic mass is 16.1. The maximum atomic E-state index is 11.8. The fourth-order valence-electron chi connectivity index (χ4n) is 3.53. The Labute approximate surface area is 145 Å². The molecule has 3 aromatic rings. The maximum Gasteiger partial charge on any atom is 0.269 e. The lowest BCUT2D eigenvalue weighted by molar-refractivity contribution is 0.0994. The van der Waals surface area contributed by atoms with Gasteiger partial charge < -0.3 is 11.5 Å². The van der Waals surface area contributed by atoms with Crippen LogP contribution in [-0.2, 0) is 6.42 Å². The standard InChI is InChI=1S/C20H18N4O/c1-10-6-7-14-12(8-10)9-15-17(14)18(23-24-19(15)20(22)25)13-4-3-5-16(21)11(13)2/h3-8H,9,21H2,1-2H3,(H2,22,25). The van der Waals surface area contributed by atoms with E-state index >= 15 is 0 Å². The molecule has 1 aliphatic rings. The van der Waals surface area contributed by atoms with Crippen molar-refractivity contribution in [2.75, 3.05) is 5.73 Å². The van der Waals surface area contributed by atoms with Crippen LogP contribution in [0.4, 0.5) is 5.69 Å². The number of aromatic nitrogens is 2. The fourth-order valence-corrected chi connectivity index (χ4v) is 3.53. The van der Waals surface area contributed by atoms with Crippen LogP contribution >= 0.6 is 0 Å². The number of rotatable bonds is 2. The van der Waals surface area contributed by atoms with Gasteiger partial charge in [0.15, 0.2) is 5.69 Å². The van der Waals surface area contributed by atoms with Crippen molar-refractivity contribution in [1.82, 2.24) is 10.2 Å². The van der Waals surface area contributed by atoms with Gasteiger partial charge in [0, 0.05) is 23.2 Å². The third-order valence-electron chi connectivity index (χ3n) is 4.84. The number of amides is 1. The first-order valence-corrected chi connectivity index (χ1v) is 8.12. The lowest BCUT2D eigenvalue weighted by Crippen LogP contribution is -2.17. The van der Waals surface area contributed by atoms with Gasteiger partial charge in [0.2, 0.25) is 0 Å². The summed E-state index contributed by atoms with van der Waals surface area (Å²) >= 11 is 0. The van der Waals surface area contributed by atoms with Crippen LogP contribution in [0.3, 0.4) is 0 Å². The molecule has 124 valence electrons. The molecule has 1 aliphatic carbocycles. The quantitative estimate of drug-likeness (QED) is 0.552. The highest BCUT2D eigenvalue weighted by Crippen LogP contribution is 2.44. The smallest absolute Gasteiger partial charge is 0.269 e. The van der Waals surface area contributed by atoms with Crippen molar-refractivity contribution in [3.63, 3.8) is 0 Å². The number of hydrogen-bond acceptors (Lipinski definition) is 4. The Balaban J connectivity index is 2.06. The molecule has 0 atom stereocenters. The first kappa shape index (κ1) is 15.3. The third-order valence-corrected chi connectivity index (χ3v) is 4.84. The van der Waals surface area contributed by atoms with Gasteiger partial charge >= 0.3 is 0 Å². The van der Waals surface area contributed by atoms with Crippen LogP contribution < -0.4 is 11.5 Å². The predicted octanol–water partition coefficient (Wildman–Crippen LogP) is 3.01. The zero-order valence-electron chi connectivity index (χ0n) is 14.1. The van der Waals surface area contributed by atoms with E-state index in [1.165, 1.54) is 5.56 Å². The van der Waals surface area contributed by atoms with Gasteiger partial charge in [-0.25, -0.2) is 0 Å². The van der Waals surface area contributed by atoms with Crippen LogP contribution in [0.25, 0.3) is 22.4 Å². The zero-order valence-corrected chi connectivity index (χ0v) is 14.1. The van der Waals surface area contributed by atoms with E-state index in [9.17, 15) is 4.79 Å². The molecule has 1 amide bonds. The summed E-state index contributed by atoms with van der Waals surface area (Å²) in [4.78, 5) is 11.8. The van der Waals surface area contributed by atoms with Crippen LogP contribution in [0.5, 0.6) is 0 Å². The summed E-state index contributed by atoms with van der Waals surface area (Å²) < 4.78 is 0. The number of nitrogen functional groups attached to an aromatic ring is 1. The Bertz CT molecular complexity index is 1040. The summed E-state index contributed by atoms with van der Waals surface area (Å²) in [6.07, 6.45) is 0.633. The molecular weight excluding hydrogens is 312 g/mol. The highest BCUT2D eigenvalue weighted by molar-refractivity contribution is 5.99. The summed E-state index contributed by atoms with van der Waals surface area (Å²) in [5.74, 6) is -0.552. The van der Waals surface area contributed by atoms with Gasteiger partial charge in [-0.2, -0.15) is 0 Å². The molecule has 1 aromatic heterocycles. The number of carbonyl (C=O) groups is 1. The number of aryl methyl sites for hydroxylation is 1. The number of nitrogens with two attached hydrogens (primary N) is 2. The van der Waals surface area contributed by atoms with Gasteiger partial charge in [0.05, 0.1) is 0 Å². The number of anilines is 1. The van der Waals surface area contributed by atoms with E-state index in [-0.39, 0.29) is 5.69 Å². The molecular formula is C20H18N4O. The number of fused-ring (bicyclic) bond motifs is 3. The molecule has 1 heterocycles. The second-order valence-electron chi connectivity index (χ2n) is 6.47. The highest BCUT2D eigenvalue weighted by Gasteiger charge is 2.29. The first-order chi connectivity index (χ1) is 12.0. The molecule has 0 unspecified atom stereocenters. The summed E-state index contributed by atoms with van der Waals surface area (Å²) in [7, 11) is 0. The van der Waals surface area contributed by atoms with Crippen molar-refractivity contribution in [1.29, 1.82) is 0 Å². The zero-order chi connectivity index (χ0) is 17.7. The molecule has 5 heteroatoms. The summed E-state index contributed by atoms with van der Waals surface area (Å²) in [5.41, 5.74) is 20.4. The average molecular weight is 330 g/mol. The lowest BCUT2D eigenvalue weighted by Gasteiger charge is -2.13. The third kappa shape index (κ3) is 2.28. The Kier molecular flexibility index (Phi) is 3.32. The Hall–Kier alpha value is -3.21. The van der Waals surface area contributed by atoms with Crippen LogP contribution in [0, 0.1) is 13.8 Å².